The molecule has 0 aliphatic carbocycles. The second-order valence-corrected chi connectivity index (χ2v) is 7.29. The van der Waals surface area contributed by atoms with E-state index in [4.69, 9.17) is 0 Å². The molecule has 0 radical (unpaired) electrons. The molecular weight excluding hydrogens is 482 g/mol. The average Bonchev–Trinajstić information content (AvgIpc) is 3.07. The van der Waals surface area contributed by atoms with E-state index >= 15 is 0 Å². The van der Waals surface area contributed by atoms with Crippen molar-refractivity contribution < 1.29 is 85.1 Å². The van der Waals surface area contributed by atoms with Crippen molar-refractivity contribution in [1.29, 1.82) is 0 Å². The normalized spacial score (nSPS) is 11.0. The fourth-order valence-corrected chi connectivity index (χ4v) is 2.28. The van der Waals surface area contributed by atoms with Gasteiger partial charge in [0.05, 0.1) is 13.1 Å². The summed E-state index contributed by atoms with van der Waals surface area (Å²) in [5.74, 6) is 0. The molecule has 2 aromatic heterocycles. The summed E-state index contributed by atoms with van der Waals surface area (Å²) in [6.07, 6.45) is 0. The molecule has 0 bridgehead atoms. The van der Waals surface area contributed by atoms with E-state index in [1.807, 2.05) is 0 Å². The van der Waals surface area contributed by atoms with E-state index in [0.29, 0.717) is 0 Å². The second kappa shape index (κ2) is 14.6. The van der Waals surface area contributed by atoms with Gasteiger partial charge in [0, 0.05) is 13.1 Å². The van der Waals surface area contributed by atoms with Crippen molar-refractivity contribution >= 4 is 45.9 Å². The summed E-state index contributed by atoms with van der Waals surface area (Å²) >= 11 is 7.73. The fraction of sp³-hybridized carbons (Fsp3) is 0.667. The molecule has 2 heterocycles. The van der Waals surface area contributed by atoms with Gasteiger partial charge in [0.25, 0.3) is 0 Å². The largest absolute Gasteiger partial charge is 1.00 e. The van der Waals surface area contributed by atoms with Gasteiger partial charge in [0.1, 0.15) is 0 Å². The molecule has 2 rings (SSSR count). The van der Waals surface area contributed by atoms with Crippen molar-refractivity contribution in [3.8, 4) is 0 Å². The van der Waals surface area contributed by atoms with Gasteiger partial charge >= 0.3 is 59.1 Å². The molecule has 0 unspecified atom stereocenters. The number of rotatable bonds is 8. The Kier molecular flexibility index (Phi) is 16.0. The summed E-state index contributed by atoms with van der Waals surface area (Å²) in [5.41, 5.74) is 0. The third-order valence-corrected chi connectivity index (χ3v) is 3.99. The molecular formula is C6H12N10Na2O6S4. The molecule has 0 amide bonds. The quantitative estimate of drug-likeness (QED) is 0.152. The third-order valence-electron chi connectivity index (χ3n) is 2.23. The molecule has 0 atom stereocenters. The Morgan fingerprint density at radius 2 is 1.11 bits per heavy atom. The van der Waals surface area contributed by atoms with Crippen molar-refractivity contribution in [2.45, 2.75) is 23.4 Å². The number of hydrogen-bond donors (Lipinski definition) is 4. The Labute approximate surface area is 215 Å². The zero-order valence-corrected chi connectivity index (χ0v) is 22.0. The van der Waals surface area contributed by atoms with Crippen LogP contribution < -0.4 is 68.6 Å². The Hall–Kier alpha value is 0.580. The molecule has 0 saturated carbocycles. The van der Waals surface area contributed by atoms with Gasteiger partial charge in [-0.2, -0.15) is 0 Å². The van der Waals surface area contributed by atoms with Crippen LogP contribution in [0.3, 0.4) is 0 Å². The molecule has 0 aliphatic rings. The molecule has 16 nitrogen and oxygen atoms in total. The number of nitrogens with one attached hydrogen (secondary N) is 2. The van der Waals surface area contributed by atoms with Gasteiger partial charge in [0.15, 0.2) is 20.6 Å². The molecule has 148 valence electrons. The van der Waals surface area contributed by atoms with Crippen LogP contribution in [-0.4, -0.2) is 79.4 Å². The molecule has 28 heavy (non-hydrogen) atoms. The van der Waals surface area contributed by atoms with Crippen molar-refractivity contribution in [2.75, 3.05) is 13.1 Å². The van der Waals surface area contributed by atoms with Crippen LogP contribution in [-0.2, 0) is 33.7 Å². The van der Waals surface area contributed by atoms with Crippen LogP contribution in [0, 0.1) is 0 Å². The Bertz CT molecular complexity index is 829. The number of hydrogen-bond acceptors (Lipinski definition) is 14. The summed E-state index contributed by atoms with van der Waals surface area (Å²) in [6.45, 7) is 0.190. The van der Waals surface area contributed by atoms with Gasteiger partial charge in [-0.15, -0.1) is 35.5 Å². The first-order valence-corrected chi connectivity index (χ1v) is 10.0. The van der Waals surface area contributed by atoms with Crippen molar-refractivity contribution in [3.05, 3.63) is 0 Å². The summed E-state index contributed by atoms with van der Waals surface area (Å²) < 4.78 is 66.6. The van der Waals surface area contributed by atoms with Gasteiger partial charge in [0.2, 0.25) is 10.3 Å². The number of nitrogens with zero attached hydrogens (tertiary/aromatic N) is 8. The van der Waals surface area contributed by atoms with Crippen LogP contribution in [0.15, 0.2) is 10.3 Å². The standard InChI is InChI=1S/2C3H7N5O3S2.2Na/c2*9-13(10,11)4-1-2-8-3(12)5-6-7-8;;/h2*4H,1-2H2,(H,5,7,12)(H,9,10,11);;/q;;2*+1/p-2. The molecule has 2 N–H and O–H groups in total. The molecule has 22 heteroatoms. The van der Waals surface area contributed by atoms with E-state index in [-0.39, 0.29) is 95.6 Å². The van der Waals surface area contributed by atoms with Crippen LogP contribution in [0.4, 0.5) is 0 Å². The molecule has 0 spiro atoms. The van der Waals surface area contributed by atoms with Crippen LogP contribution in [0.2, 0.25) is 0 Å². The van der Waals surface area contributed by atoms with Crippen molar-refractivity contribution in [2.24, 2.45) is 0 Å². The van der Waals surface area contributed by atoms with E-state index < -0.39 is 20.6 Å². The van der Waals surface area contributed by atoms with Crippen LogP contribution >= 0.6 is 25.3 Å². The van der Waals surface area contributed by atoms with Crippen molar-refractivity contribution in [1.82, 2.24) is 49.9 Å². The number of tetrazole rings is 2. The van der Waals surface area contributed by atoms with Gasteiger partial charge in [-0.3, -0.25) is 0 Å². The molecule has 2 aromatic rings. The van der Waals surface area contributed by atoms with Crippen LogP contribution in [0.5, 0.6) is 0 Å². The van der Waals surface area contributed by atoms with E-state index in [9.17, 15) is 25.9 Å². The summed E-state index contributed by atoms with van der Waals surface area (Å²) in [5, 5.41) is 20.9. The Morgan fingerprint density at radius 1 is 0.786 bits per heavy atom. The zero-order chi connectivity index (χ0) is 19.8. The predicted molar refractivity (Wildman–Crippen MR) is 85.5 cm³/mol. The molecule has 0 aromatic carbocycles. The second-order valence-electron chi connectivity index (χ2n) is 4.10. The first-order valence-electron chi connectivity index (χ1n) is 6.29. The van der Waals surface area contributed by atoms with Crippen LogP contribution in [0.1, 0.15) is 0 Å². The average molecular weight is 494 g/mol. The topological polar surface area (TPSA) is 226 Å². The number of aromatic nitrogens is 8. The summed E-state index contributed by atoms with van der Waals surface area (Å²) in [4.78, 5) is 0. The monoisotopic (exact) mass is 494 g/mol. The van der Waals surface area contributed by atoms with Crippen molar-refractivity contribution in [3.63, 3.8) is 0 Å². The number of thiol groups is 2. The van der Waals surface area contributed by atoms with Gasteiger partial charge in [-0.25, -0.2) is 35.6 Å². The predicted octanol–water partition coefficient (Wildman–Crippen LogP) is -9.97. The zero-order valence-electron chi connectivity index (χ0n) is 14.6. The minimum absolute atomic E-state index is 0. The minimum atomic E-state index is -4.40. The van der Waals surface area contributed by atoms with Gasteiger partial charge in [-0.1, -0.05) is 0 Å². The maximum atomic E-state index is 10.1. The molecule has 0 fully saturated rings. The van der Waals surface area contributed by atoms with E-state index in [1.165, 1.54) is 9.36 Å². The summed E-state index contributed by atoms with van der Waals surface area (Å²) in [7, 11) is -8.79. The fourth-order valence-electron chi connectivity index (χ4n) is 1.24. The van der Waals surface area contributed by atoms with E-state index in [1.54, 1.807) is 9.44 Å². The smallest absolute Gasteiger partial charge is 0.735 e. The minimum Gasteiger partial charge on any atom is -0.735 e. The Morgan fingerprint density at radius 3 is 1.32 bits per heavy atom. The SMILES string of the molecule is O=S(=O)([O-])NCCn1nnnc1S.O=S(=O)([O-])NCCn1nnnc1S.[Na+].[Na+]. The first-order chi connectivity index (χ1) is 12.0. The molecule has 0 aliphatic heterocycles. The van der Waals surface area contributed by atoms with Crippen LogP contribution in [0.25, 0.3) is 0 Å². The Balaban J connectivity index is 0. The third kappa shape index (κ3) is 14.5. The maximum Gasteiger partial charge on any atom is 1.00 e. The van der Waals surface area contributed by atoms with E-state index in [2.05, 4.69) is 56.3 Å². The maximum absolute atomic E-state index is 10.1. The van der Waals surface area contributed by atoms with Gasteiger partial charge in [-0.05, 0) is 20.9 Å². The van der Waals surface area contributed by atoms with Gasteiger partial charge < -0.3 is 9.11 Å². The molecule has 0 saturated heterocycles. The van der Waals surface area contributed by atoms with E-state index in [0.717, 1.165) is 0 Å². The summed E-state index contributed by atoms with van der Waals surface area (Å²) in [6, 6.07) is 0. The first kappa shape index (κ1) is 30.8.